The molecule has 0 spiro atoms. The summed E-state index contributed by atoms with van der Waals surface area (Å²) in [6.07, 6.45) is 18.4. The van der Waals surface area contributed by atoms with Gasteiger partial charge in [-0.3, -0.25) is 0 Å². The molecular weight excluding hydrogens is 436 g/mol. The van der Waals surface area contributed by atoms with Gasteiger partial charge in [0.25, 0.3) is 0 Å². The molecule has 0 amide bonds. The minimum Gasteiger partial charge on any atom is -0.341 e. The second-order valence-corrected chi connectivity index (χ2v) is 9.70. The van der Waals surface area contributed by atoms with E-state index in [1.807, 2.05) is 6.20 Å². The third-order valence-corrected chi connectivity index (χ3v) is 7.09. The highest BCUT2D eigenvalue weighted by Gasteiger charge is 2.40. The van der Waals surface area contributed by atoms with E-state index in [0.717, 1.165) is 17.9 Å². The molecule has 0 saturated heterocycles. The lowest BCUT2D eigenvalue weighted by Crippen LogP contribution is -2.32. The fourth-order valence-electron chi connectivity index (χ4n) is 5.19. The van der Waals surface area contributed by atoms with Crippen LogP contribution in [0.15, 0.2) is 103 Å². The largest absolute Gasteiger partial charge is 0.341 e. The summed E-state index contributed by atoms with van der Waals surface area (Å²) < 4.78 is 0. The van der Waals surface area contributed by atoms with Gasteiger partial charge in [0.15, 0.2) is 0 Å². The minimum absolute atomic E-state index is 0.520. The summed E-state index contributed by atoms with van der Waals surface area (Å²) >= 11 is 0. The van der Waals surface area contributed by atoms with Crippen molar-refractivity contribution in [3.05, 3.63) is 131 Å². The number of imidazole rings is 1. The van der Waals surface area contributed by atoms with E-state index < -0.39 is 5.41 Å². The van der Waals surface area contributed by atoms with Crippen LogP contribution in [0.25, 0.3) is 6.08 Å². The van der Waals surface area contributed by atoms with Crippen LogP contribution in [0.3, 0.4) is 0 Å². The van der Waals surface area contributed by atoms with Gasteiger partial charge in [0.05, 0.1) is 11.9 Å². The number of aromatic nitrogens is 2. The van der Waals surface area contributed by atoms with Crippen LogP contribution in [0, 0.1) is 0 Å². The van der Waals surface area contributed by atoms with Crippen LogP contribution in [0.5, 0.6) is 0 Å². The van der Waals surface area contributed by atoms with Gasteiger partial charge in [-0.25, -0.2) is 4.98 Å². The number of nitrogens with zero attached hydrogens (tertiary/aromatic N) is 1. The predicted molar refractivity (Wildman–Crippen MR) is 153 cm³/mol. The number of unbranched alkanes of at least 4 members (excludes halogenated alkanes) is 8. The lowest BCUT2D eigenvalue weighted by Gasteiger charge is -2.34. The van der Waals surface area contributed by atoms with Crippen molar-refractivity contribution in [3.63, 3.8) is 0 Å². The summed E-state index contributed by atoms with van der Waals surface area (Å²) in [5.74, 6) is 0.942. The van der Waals surface area contributed by atoms with Crippen LogP contribution in [0.4, 0.5) is 0 Å². The number of hydrogen-bond acceptors (Lipinski definition) is 1. The Kier molecular flexibility index (Phi) is 9.73. The molecule has 36 heavy (non-hydrogen) atoms. The Hall–Kier alpha value is -3.39. The molecule has 1 aromatic heterocycles. The van der Waals surface area contributed by atoms with Crippen molar-refractivity contribution >= 4 is 6.08 Å². The molecule has 0 aliphatic heterocycles. The smallest absolute Gasteiger partial charge is 0.126 e. The van der Waals surface area contributed by atoms with Crippen molar-refractivity contribution in [2.75, 3.05) is 0 Å². The molecule has 0 aliphatic carbocycles. The molecule has 0 aliphatic rings. The summed E-state index contributed by atoms with van der Waals surface area (Å²) in [5.41, 5.74) is 4.13. The molecule has 0 bridgehead atoms. The topological polar surface area (TPSA) is 28.7 Å². The number of allylic oxidation sites excluding steroid dienone is 1. The molecule has 0 fully saturated rings. The maximum Gasteiger partial charge on any atom is 0.126 e. The number of aromatic amines is 1. The van der Waals surface area contributed by atoms with Crippen LogP contribution in [-0.2, 0) is 5.41 Å². The summed E-state index contributed by atoms with van der Waals surface area (Å²) in [6, 6.07) is 32.2. The zero-order valence-corrected chi connectivity index (χ0v) is 21.7. The quantitative estimate of drug-likeness (QED) is 0.142. The standard InChI is InChI=1S/C34H40N2/c1-2-3-4-5-6-7-8-9-10-20-27-32-28-35-33(36-32)34(29-21-14-11-15-22-29,30-23-16-12-17-24-30)31-25-18-13-19-26-31/h11-28H,2-10H2,1H3,(H,35,36). The SMILES string of the molecule is CCCCCCCCCCC=Cc1cnc(C(c2ccccc2)(c2ccccc2)c2ccccc2)[nH]1. The average Bonchev–Trinajstić information content (AvgIpc) is 3.41. The van der Waals surface area contributed by atoms with Crippen molar-refractivity contribution in [2.45, 2.75) is 70.1 Å². The number of benzene rings is 3. The molecular formula is C34H40N2. The van der Waals surface area contributed by atoms with Crippen LogP contribution in [0.1, 0.15) is 92.9 Å². The molecule has 1 N–H and O–H groups in total. The third kappa shape index (κ3) is 6.23. The van der Waals surface area contributed by atoms with E-state index in [4.69, 9.17) is 4.98 Å². The average molecular weight is 477 g/mol. The zero-order chi connectivity index (χ0) is 24.9. The van der Waals surface area contributed by atoms with Crippen molar-refractivity contribution < 1.29 is 0 Å². The Morgan fingerprint density at radius 3 is 1.61 bits per heavy atom. The highest BCUT2D eigenvalue weighted by molar-refractivity contribution is 5.57. The Morgan fingerprint density at radius 2 is 1.11 bits per heavy atom. The second-order valence-electron chi connectivity index (χ2n) is 9.70. The normalized spacial score (nSPS) is 11.8. The fourth-order valence-corrected chi connectivity index (χ4v) is 5.19. The Morgan fingerprint density at radius 1 is 0.639 bits per heavy atom. The van der Waals surface area contributed by atoms with Crippen LogP contribution in [-0.4, -0.2) is 9.97 Å². The van der Waals surface area contributed by atoms with Gasteiger partial charge < -0.3 is 4.98 Å². The highest BCUT2D eigenvalue weighted by atomic mass is 14.9. The Labute approximate surface area is 217 Å². The highest BCUT2D eigenvalue weighted by Crippen LogP contribution is 2.43. The van der Waals surface area contributed by atoms with Crippen LogP contribution < -0.4 is 0 Å². The maximum absolute atomic E-state index is 4.97. The minimum atomic E-state index is -0.520. The summed E-state index contributed by atoms with van der Waals surface area (Å²) in [5, 5.41) is 0. The second kappa shape index (κ2) is 13.6. The third-order valence-electron chi connectivity index (χ3n) is 7.09. The van der Waals surface area contributed by atoms with E-state index in [1.54, 1.807) is 0 Å². The summed E-state index contributed by atoms with van der Waals surface area (Å²) in [6.45, 7) is 2.28. The number of H-pyrrole nitrogens is 1. The van der Waals surface area contributed by atoms with Crippen LogP contribution >= 0.6 is 0 Å². The molecule has 186 valence electrons. The molecule has 0 radical (unpaired) electrons. The molecule has 1 heterocycles. The van der Waals surface area contributed by atoms with E-state index in [0.29, 0.717) is 0 Å². The molecule has 0 atom stereocenters. The lowest BCUT2D eigenvalue weighted by atomic mass is 9.69. The van der Waals surface area contributed by atoms with Gasteiger partial charge in [0.1, 0.15) is 11.2 Å². The Balaban J connectivity index is 1.55. The van der Waals surface area contributed by atoms with Gasteiger partial charge in [-0.05, 0) is 35.6 Å². The number of rotatable bonds is 14. The number of hydrogen-bond donors (Lipinski definition) is 1. The Bertz CT molecular complexity index is 1060. The van der Waals surface area contributed by atoms with E-state index in [2.05, 4.69) is 115 Å². The molecule has 0 unspecified atom stereocenters. The monoisotopic (exact) mass is 476 g/mol. The molecule has 2 heteroatoms. The predicted octanol–water partition coefficient (Wildman–Crippen LogP) is 9.34. The zero-order valence-electron chi connectivity index (χ0n) is 21.7. The van der Waals surface area contributed by atoms with Crippen molar-refractivity contribution in [2.24, 2.45) is 0 Å². The van der Waals surface area contributed by atoms with Crippen LogP contribution in [0.2, 0.25) is 0 Å². The molecule has 3 aromatic carbocycles. The van der Waals surface area contributed by atoms with E-state index in [1.165, 1.54) is 68.1 Å². The molecule has 2 nitrogen and oxygen atoms in total. The first-order valence-corrected chi connectivity index (χ1v) is 13.7. The van der Waals surface area contributed by atoms with Gasteiger partial charge in [-0.15, -0.1) is 0 Å². The van der Waals surface area contributed by atoms with Gasteiger partial charge in [0.2, 0.25) is 0 Å². The number of nitrogens with one attached hydrogen (secondary N) is 1. The lowest BCUT2D eigenvalue weighted by molar-refractivity contribution is 0.578. The van der Waals surface area contributed by atoms with Crippen molar-refractivity contribution in [1.29, 1.82) is 0 Å². The van der Waals surface area contributed by atoms with Crippen molar-refractivity contribution in [3.8, 4) is 0 Å². The van der Waals surface area contributed by atoms with E-state index >= 15 is 0 Å². The molecule has 0 saturated carbocycles. The van der Waals surface area contributed by atoms with E-state index in [-0.39, 0.29) is 0 Å². The van der Waals surface area contributed by atoms with Crippen molar-refractivity contribution in [1.82, 2.24) is 9.97 Å². The first-order valence-electron chi connectivity index (χ1n) is 13.7. The van der Waals surface area contributed by atoms with Gasteiger partial charge >= 0.3 is 0 Å². The fraction of sp³-hybridized carbons (Fsp3) is 0.324. The van der Waals surface area contributed by atoms with Gasteiger partial charge in [0, 0.05) is 0 Å². The molecule has 4 aromatic rings. The van der Waals surface area contributed by atoms with E-state index in [9.17, 15) is 0 Å². The first-order chi connectivity index (χ1) is 17.9. The van der Waals surface area contributed by atoms with Gasteiger partial charge in [-0.1, -0.05) is 149 Å². The summed E-state index contributed by atoms with van der Waals surface area (Å²) in [7, 11) is 0. The maximum atomic E-state index is 4.97. The van der Waals surface area contributed by atoms with Gasteiger partial charge in [-0.2, -0.15) is 0 Å². The summed E-state index contributed by atoms with van der Waals surface area (Å²) in [4.78, 5) is 8.66. The molecule has 4 rings (SSSR count). The first kappa shape index (κ1) is 25.7.